The van der Waals surface area contributed by atoms with Crippen molar-refractivity contribution in [3.05, 3.63) is 17.3 Å². The highest BCUT2D eigenvalue weighted by Gasteiger charge is 2.26. The molecule has 1 aromatic heterocycles. The van der Waals surface area contributed by atoms with E-state index in [1.54, 1.807) is 7.11 Å². The molecule has 0 spiro atoms. The fourth-order valence-corrected chi connectivity index (χ4v) is 1.54. The first-order valence-corrected chi connectivity index (χ1v) is 4.55. The van der Waals surface area contributed by atoms with Crippen molar-refractivity contribution < 1.29 is 14.3 Å². The summed E-state index contributed by atoms with van der Waals surface area (Å²) in [4.78, 5) is 8.99. The van der Waals surface area contributed by atoms with Crippen molar-refractivity contribution in [2.75, 3.05) is 20.8 Å². The zero-order valence-corrected chi connectivity index (χ0v) is 8.90. The summed E-state index contributed by atoms with van der Waals surface area (Å²) in [5, 5.41) is 3.87. The zero-order valence-electron chi connectivity index (χ0n) is 8.90. The number of ether oxygens (including phenoxy) is 2. The Hall–Kier alpha value is -1.78. The number of hydrogen-bond donors (Lipinski definition) is 0. The number of aryl methyl sites for hydroxylation is 1. The van der Waals surface area contributed by atoms with Crippen LogP contribution in [0.1, 0.15) is 11.3 Å². The van der Waals surface area contributed by atoms with Crippen molar-refractivity contribution in [1.82, 2.24) is 4.98 Å². The quantitative estimate of drug-likeness (QED) is 0.684. The molecule has 2 heterocycles. The molecule has 0 saturated heterocycles. The minimum absolute atomic E-state index is 0.371. The van der Waals surface area contributed by atoms with Gasteiger partial charge >= 0.3 is 0 Å². The van der Waals surface area contributed by atoms with Gasteiger partial charge in [-0.1, -0.05) is 5.16 Å². The lowest BCUT2D eigenvalue weighted by atomic mass is 10.1. The Labute approximate surface area is 87.7 Å². The normalized spacial score (nSPS) is 16.1. The van der Waals surface area contributed by atoms with Crippen LogP contribution in [-0.4, -0.2) is 31.5 Å². The van der Waals surface area contributed by atoms with Gasteiger partial charge in [-0.25, -0.2) is 4.98 Å². The van der Waals surface area contributed by atoms with Gasteiger partial charge in [0.1, 0.15) is 30.7 Å². The smallest absolute Gasteiger partial charge is 0.227 e. The lowest BCUT2D eigenvalue weighted by Gasteiger charge is -2.05. The highest BCUT2D eigenvalue weighted by Crippen LogP contribution is 2.32. The van der Waals surface area contributed by atoms with Gasteiger partial charge < -0.3 is 14.3 Å². The largest absolute Gasteiger partial charge is 0.496 e. The summed E-state index contributed by atoms with van der Waals surface area (Å²) < 4.78 is 10.6. The van der Waals surface area contributed by atoms with Crippen LogP contribution < -0.4 is 9.47 Å². The molecule has 1 aliphatic heterocycles. The van der Waals surface area contributed by atoms with Gasteiger partial charge in [0.05, 0.1) is 7.11 Å². The molecular formula is C10H12N2O3. The third-order valence-electron chi connectivity index (χ3n) is 2.13. The first-order chi connectivity index (χ1) is 7.26. The van der Waals surface area contributed by atoms with E-state index in [9.17, 15) is 0 Å². The van der Waals surface area contributed by atoms with Gasteiger partial charge in [-0.2, -0.15) is 0 Å². The predicted octanol–water partition coefficient (Wildman–Crippen LogP) is 1.14. The minimum atomic E-state index is 0.371. The Morgan fingerprint density at radius 1 is 1.47 bits per heavy atom. The Balaban J connectivity index is 2.55. The molecule has 5 nitrogen and oxygen atoms in total. The number of nitrogens with zero attached hydrogens (tertiary/aromatic N) is 2. The number of aromatic nitrogens is 1. The molecule has 0 atom stereocenters. The second-order valence-corrected chi connectivity index (χ2v) is 3.16. The standard InChI is InChI=1S/C10H12N2O3/c1-6-4-8(13-2)9-7(12-14-3)5-15-10(9)11-6/h4H,5H2,1-3H3/b12-7+. The first-order valence-electron chi connectivity index (χ1n) is 4.55. The van der Waals surface area contributed by atoms with E-state index < -0.39 is 0 Å². The number of oxime groups is 1. The summed E-state index contributed by atoms with van der Waals surface area (Å²) in [6.07, 6.45) is 0. The van der Waals surface area contributed by atoms with Gasteiger partial charge in [0.15, 0.2) is 0 Å². The summed E-state index contributed by atoms with van der Waals surface area (Å²) in [7, 11) is 3.11. The molecule has 0 aliphatic carbocycles. The molecule has 0 amide bonds. The van der Waals surface area contributed by atoms with Crippen molar-refractivity contribution >= 4 is 5.71 Å². The Morgan fingerprint density at radius 2 is 2.27 bits per heavy atom. The van der Waals surface area contributed by atoms with Gasteiger partial charge in [0.2, 0.25) is 5.88 Å². The van der Waals surface area contributed by atoms with Gasteiger partial charge in [-0.05, 0) is 6.92 Å². The topological polar surface area (TPSA) is 52.9 Å². The average Bonchev–Trinajstić information content (AvgIpc) is 2.61. The summed E-state index contributed by atoms with van der Waals surface area (Å²) >= 11 is 0. The maximum absolute atomic E-state index is 5.39. The number of hydrogen-bond acceptors (Lipinski definition) is 5. The average molecular weight is 208 g/mol. The summed E-state index contributed by atoms with van der Waals surface area (Å²) in [6, 6.07) is 1.85. The maximum Gasteiger partial charge on any atom is 0.227 e. The lowest BCUT2D eigenvalue weighted by Crippen LogP contribution is -2.04. The Morgan fingerprint density at radius 3 is 2.93 bits per heavy atom. The van der Waals surface area contributed by atoms with Crippen molar-refractivity contribution in [3.8, 4) is 11.6 Å². The van der Waals surface area contributed by atoms with Crippen molar-refractivity contribution in [2.45, 2.75) is 6.92 Å². The number of fused-ring (bicyclic) bond motifs is 1. The van der Waals surface area contributed by atoms with Crippen LogP contribution >= 0.6 is 0 Å². The van der Waals surface area contributed by atoms with Crippen LogP contribution in [0.3, 0.4) is 0 Å². The lowest BCUT2D eigenvalue weighted by molar-refractivity contribution is 0.211. The van der Waals surface area contributed by atoms with E-state index in [0.717, 1.165) is 11.3 Å². The molecule has 0 aromatic carbocycles. The molecule has 80 valence electrons. The number of methoxy groups -OCH3 is 1. The van der Waals surface area contributed by atoms with E-state index in [1.165, 1.54) is 7.11 Å². The molecular weight excluding hydrogens is 196 g/mol. The molecule has 0 fully saturated rings. The van der Waals surface area contributed by atoms with Crippen LogP contribution in [-0.2, 0) is 4.84 Å². The predicted molar refractivity (Wildman–Crippen MR) is 54.6 cm³/mol. The van der Waals surface area contributed by atoms with Crippen LogP contribution in [0.2, 0.25) is 0 Å². The van der Waals surface area contributed by atoms with E-state index in [0.29, 0.717) is 23.9 Å². The molecule has 0 radical (unpaired) electrons. The first kappa shape index (κ1) is 9.76. The third-order valence-corrected chi connectivity index (χ3v) is 2.13. The van der Waals surface area contributed by atoms with Crippen molar-refractivity contribution in [2.24, 2.45) is 5.16 Å². The molecule has 0 saturated carbocycles. The fourth-order valence-electron chi connectivity index (χ4n) is 1.54. The Kier molecular flexibility index (Phi) is 2.45. The zero-order chi connectivity index (χ0) is 10.8. The second-order valence-electron chi connectivity index (χ2n) is 3.16. The summed E-state index contributed by atoms with van der Waals surface area (Å²) in [5.41, 5.74) is 2.34. The second kappa shape index (κ2) is 3.76. The van der Waals surface area contributed by atoms with E-state index in [4.69, 9.17) is 14.3 Å². The summed E-state index contributed by atoms with van der Waals surface area (Å²) in [5.74, 6) is 1.27. The minimum Gasteiger partial charge on any atom is -0.496 e. The van der Waals surface area contributed by atoms with Gasteiger partial charge in [0.25, 0.3) is 0 Å². The maximum atomic E-state index is 5.39. The molecule has 5 heteroatoms. The van der Waals surface area contributed by atoms with E-state index >= 15 is 0 Å². The van der Waals surface area contributed by atoms with E-state index in [-0.39, 0.29) is 0 Å². The van der Waals surface area contributed by atoms with Crippen LogP contribution in [0.5, 0.6) is 11.6 Å². The fraction of sp³-hybridized carbons (Fsp3) is 0.400. The van der Waals surface area contributed by atoms with E-state index in [2.05, 4.69) is 10.1 Å². The molecule has 1 aromatic rings. The molecule has 15 heavy (non-hydrogen) atoms. The Bertz CT molecular complexity index is 415. The van der Waals surface area contributed by atoms with Gasteiger partial charge in [0, 0.05) is 11.8 Å². The molecule has 2 rings (SSSR count). The molecule has 0 bridgehead atoms. The van der Waals surface area contributed by atoms with Crippen LogP contribution in [0, 0.1) is 6.92 Å². The number of pyridine rings is 1. The molecule has 0 unspecified atom stereocenters. The SMILES string of the molecule is CO/N=C1\COc2nc(C)cc(OC)c21. The third kappa shape index (κ3) is 1.60. The highest BCUT2D eigenvalue weighted by molar-refractivity contribution is 6.07. The van der Waals surface area contributed by atoms with E-state index in [1.807, 2.05) is 13.0 Å². The summed E-state index contributed by atoms with van der Waals surface area (Å²) in [6.45, 7) is 2.26. The van der Waals surface area contributed by atoms with Crippen LogP contribution in [0.25, 0.3) is 0 Å². The highest BCUT2D eigenvalue weighted by atomic mass is 16.6. The van der Waals surface area contributed by atoms with Gasteiger partial charge in [-0.15, -0.1) is 0 Å². The molecule has 1 aliphatic rings. The van der Waals surface area contributed by atoms with Crippen LogP contribution in [0.15, 0.2) is 11.2 Å². The van der Waals surface area contributed by atoms with Gasteiger partial charge in [-0.3, -0.25) is 0 Å². The van der Waals surface area contributed by atoms with Crippen molar-refractivity contribution in [3.63, 3.8) is 0 Å². The van der Waals surface area contributed by atoms with Crippen LogP contribution in [0.4, 0.5) is 0 Å². The molecule has 0 N–H and O–H groups in total. The van der Waals surface area contributed by atoms with Crippen molar-refractivity contribution in [1.29, 1.82) is 0 Å². The number of rotatable bonds is 2. The monoisotopic (exact) mass is 208 g/mol.